The Morgan fingerprint density at radius 3 is 1.36 bits per heavy atom. The maximum absolute atomic E-state index is 5.31. The summed E-state index contributed by atoms with van der Waals surface area (Å²) >= 11 is 5.31. The highest BCUT2D eigenvalue weighted by molar-refractivity contribution is 7.71. The van der Waals surface area contributed by atoms with E-state index < -0.39 is 0 Å². The summed E-state index contributed by atoms with van der Waals surface area (Å²) in [6.45, 7) is 0. The van der Waals surface area contributed by atoms with Crippen LogP contribution in [0.25, 0.3) is 0 Å². The molecule has 66 valence electrons. The molecule has 0 N–H and O–H groups in total. The minimum atomic E-state index is 1.03. The molecule has 14 heavy (non-hydrogen) atoms. The molecule has 10 radical (unpaired) electrons. The Kier molecular flexibility index (Phi) is 2.24. The number of hydrogen-bond acceptors (Lipinski definition) is 1. The standard InChI is InChI=1S/C13H8S/c14-13-11(9-5-1-2-6-9)12(13)10-7-3-4-8-10/h1-8H. The third-order valence-corrected chi connectivity index (χ3v) is 2.95. The van der Waals surface area contributed by atoms with Gasteiger partial charge in [-0.2, -0.15) is 0 Å². The van der Waals surface area contributed by atoms with Crippen LogP contribution in [0, 0.1) is 67.7 Å². The Bertz CT molecular complexity index is 300. The van der Waals surface area contributed by atoms with E-state index in [4.69, 9.17) is 12.2 Å². The monoisotopic (exact) mass is 196 g/mol. The molecule has 1 aromatic rings. The zero-order valence-corrected chi connectivity index (χ0v) is 8.34. The predicted octanol–water partition coefficient (Wildman–Crippen LogP) is 2.80. The van der Waals surface area contributed by atoms with Crippen molar-refractivity contribution in [1.82, 2.24) is 0 Å². The second kappa shape index (κ2) is 3.44. The lowest BCUT2D eigenvalue weighted by atomic mass is 9.99. The van der Waals surface area contributed by atoms with Crippen molar-refractivity contribution < 1.29 is 0 Å². The van der Waals surface area contributed by atoms with Crippen LogP contribution in [0.5, 0.6) is 0 Å². The molecular weight excluding hydrogens is 188 g/mol. The van der Waals surface area contributed by atoms with Gasteiger partial charge in [-0.1, -0.05) is 12.2 Å². The molecule has 0 heterocycles. The largest absolute Gasteiger partial charge is 0.0794 e. The highest BCUT2D eigenvalue weighted by Gasteiger charge is 2.35. The van der Waals surface area contributed by atoms with Gasteiger partial charge in [0.1, 0.15) is 0 Å². The minimum absolute atomic E-state index is 1.03. The molecule has 0 aromatic heterocycles. The van der Waals surface area contributed by atoms with E-state index in [1.54, 1.807) is 0 Å². The second-order valence-electron chi connectivity index (χ2n) is 3.43. The fraction of sp³-hybridized carbons (Fsp3) is 0. The van der Waals surface area contributed by atoms with E-state index in [0.29, 0.717) is 0 Å². The smallest absolute Gasteiger partial charge is 0.0460 e. The van der Waals surface area contributed by atoms with Crippen LogP contribution in [0.2, 0.25) is 0 Å². The van der Waals surface area contributed by atoms with Crippen LogP contribution in [-0.4, -0.2) is 0 Å². The molecular formula is C13H8S. The van der Waals surface area contributed by atoms with Crippen molar-refractivity contribution in [2.75, 3.05) is 0 Å². The van der Waals surface area contributed by atoms with Gasteiger partial charge in [0.2, 0.25) is 0 Å². The third kappa shape index (κ3) is 1.37. The first kappa shape index (κ1) is 9.08. The van der Waals surface area contributed by atoms with Gasteiger partial charge in [-0.05, 0) is 62.5 Å². The molecule has 2 aliphatic carbocycles. The van der Waals surface area contributed by atoms with Crippen LogP contribution >= 0.6 is 12.2 Å². The summed E-state index contributed by atoms with van der Waals surface area (Å²) in [4.78, 5) is 0. The molecule has 1 aromatic carbocycles. The SMILES string of the molecule is S=c1c([C]2[CH][CH][CH][CH]2)c1[C]1[CH][CH][CH][CH]1. The molecule has 2 aliphatic rings. The van der Waals surface area contributed by atoms with Gasteiger partial charge in [0.05, 0.1) is 0 Å². The molecule has 0 atom stereocenters. The van der Waals surface area contributed by atoms with Crippen molar-refractivity contribution in [2.24, 2.45) is 0 Å². The molecule has 0 aliphatic heterocycles. The van der Waals surface area contributed by atoms with E-state index >= 15 is 0 Å². The Balaban J connectivity index is 1.77. The number of rotatable bonds is 2. The molecule has 0 bridgehead atoms. The number of hydrogen-bond donors (Lipinski definition) is 0. The fourth-order valence-corrected chi connectivity index (χ4v) is 2.19. The average molecular weight is 196 g/mol. The minimum Gasteiger partial charge on any atom is -0.0794 e. The quantitative estimate of drug-likeness (QED) is 0.655. The molecule has 3 rings (SSSR count). The third-order valence-electron chi connectivity index (χ3n) is 2.54. The zero-order valence-electron chi connectivity index (χ0n) is 7.53. The molecule has 2 saturated carbocycles. The summed E-state index contributed by atoms with van der Waals surface area (Å²) in [6.07, 6.45) is 16.6. The second-order valence-corrected chi connectivity index (χ2v) is 3.83. The molecule has 0 unspecified atom stereocenters. The maximum atomic E-state index is 5.31. The summed E-state index contributed by atoms with van der Waals surface area (Å²) in [7, 11) is 0. The van der Waals surface area contributed by atoms with Crippen LogP contribution in [0.4, 0.5) is 0 Å². The predicted molar refractivity (Wildman–Crippen MR) is 58.7 cm³/mol. The molecule has 0 amide bonds. The van der Waals surface area contributed by atoms with Gasteiger partial charge < -0.3 is 0 Å². The van der Waals surface area contributed by atoms with Gasteiger partial charge in [-0.25, -0.2) is 0 Å². The van der Waals surface area contributed by atoms with Crippen LogP contribution in [0.3, 0.4) is 0 Å². The molecule has 0 spiro atoms. The maximum Gasteiger partial charge on any atom is 0.0460 e. The summed E-state index contributed by atoms with van der Waals surface area (Å²) in [6, 6.07) is 0. The molecule has 0 saturated heterocycles. The van der Waals surface area contributed by atoms with Crippen LogP contribution < -0.4 is 0 Å². The van der Waals surface area contributed by atoms with E-state index in [1.165, 1.54) is 23.0 Å². The van der Waals surface area contributed by atoms with Crippen molar-refractivity contribution in [1.29, 1.82) is 0 Å². The highest BCUT2D eigenvalue weighted by atomic mass is 32.1. The zero-order chi connectivity index (χ0) is 9.54. The highest BCUT2D eigenvalue weighted by Crippen LogP contribution is 2.46. The van der Waals surface area contributed by atoms with E-state index in [9.17, 15) is 0 Å². The first-order chi connectivity index (χ1) is 6.88. The lowest BCUT2D eigenvalue weighted by Gasteiger charge is -2.02. The first-order valence-electron chi connectivity index (χ1n) is 4.61. The van der Waals surface area contributed by atoms with E-state index in [1.807, 2.05) is 25.7 Å². The van der Waals surface area contributed by atoms with Gasteiger partial charge in [0.25, 0.3) is 0 Å². The van der Waals surface area contributed by atoms with Gasteiger partial charge in [-0.15, -0.1) is 0 Å². The topological polar surface area (TPSA) is 0 Å². The van der Waals surface area contributed by atoms with Crippen LogP contribution in [-0.2, 0) is 0 Å². The van der Waals surface area contributed by atoms with Crippen molar-refractivity contribution in [3.63, 3.8) is 0 Å². The fourth-order valence-electron chi connectivity index (χ4n) is 1.80. The van der Waals surface area contributed by atoms with E-state index in [2.05, 4.69) is 25.7 Å². The molecule has 0 nitrogen and oxygen atoms in total. The van der Waals surface area contributed by atoms with Crippen molar-refractivity contribution in [2.45, 2.75) is 0 Å². The van der Waals surface area contributed by atoms with Crippen molar-refractivity contribution >= 4 is 12.2 Å². The van der Waals surface area contributed by atoms with Crippen molar-refractivity contribution in [3.05, 3.63) is 78.8 Å². The summed E-state index contributed by atoms with van der Waals surface area (Å²) < 4.78 is 1.03. The van der Waals surface area contributed by atoms with Crippen LogP contribution in [0.1, 0.15) is 11.1 Å². The van der Waals surface area contributed by atoms with E-state index in [-0.39, 0.29) is 0 Å². The first-order valence-corrected chi connectivity index (χ1v) is 5.02. The van der Waals surface area contributed by atoms with E-state index in [0.717, 1.165) is 4.51 Å². The Morgan fingerprint density at radius 1 is 0.643 bits per heavy atom. The normalized spacial score (nSPS) is 25.4. The van der Waals surface area contributed by atoms with Crippen molar-refractivity contribution in [3.8, 4) is 0 Å². The summed E-state index contributed by atoms with van der Waals surface area (Å²) in [5.41, 5.74) is 2.52. The summed E-state index contributed by atoms with van der Waals surface area (Å²) in [5.74, 6) is 2.51. The lowest BCUT2D eigenvalue weighted by Crippen LogP contribution is -1.92. The van der Waals surface area contributed by atoms with Gasteiger partial charge in [-0.3, -0.25) is 0 Å². The Labute approximate surface area is 91.4 Å². The van der Waals surface area contributed by atoms with Gasteiger partial charge in [0.15, 0.2) is 0 Å². The Hall–Kier alpha value is -0.170. The van der Waals surface area contributed by atoms with Crippen LogP contribution in [0.15, 0.2) is 0 Å². The molecule has 1 heteroatoms. The van der Waals surface area contributed by atoms with Gasteiger partial charge >= 0.3 is 0 Å². The Morgan fingerprint density at radius 2 is 1.00 bits per heavy atom. The lowest BCUT2D eigenvalue weighted by molar-refractivity contribution is 1.29. The van der Waals surface area contributed by atoms with Gasteiger partial charge in [0, 0.05) is 16.3 Å². The average Bonchev–Trinajstić information content (AvgIpc) is 2.76. The summed E-state index contributed by atoms with van der Waals surface area (Å²) in [5, 5.41) is 0. The molecule has 2 fully saturated rings.